The van der Waals surface area contributed by atoms with Crippen LogP contribution in [0.25, 0.3) is 10.8 Å². The van der Waals surface area contributed by atoms with E-state index in [-0.39, 0.29) is 56.3 Å². The van der Waals surface area contributed by atoms with Crippen LogP contribution in [0.3, 0.4) is 0 Å². The van der Waals surface area contributed by atoms with E-state index in [4.69, 9.17) is 0 Å². The molecule has 0 saturated carbocycles. The number of hydrogen-bond acceptors (Lipinski definition) is 3. The van der Waals surface area contributed by atoms with Gasteiger partial charge in [0, 0.05) is 0 Å². The quantitative estimate of drug-likeness (QED) is 0.449. The van der Waals surface area contributed by atoms with E-state index in [1.807, 2.05) is 30.3 Å². The maximum atomic E-state index is 11.4. The predicted molar refractivity (Wildman–Crippen MR) is 79.8 cm³/mol. The molecule has 108 valence electrons. The molecule has 0 spiro atoms. The van der Waals surface area contributed by atoms with Crippen molar-refractivity contribution in [3.63, 3.8) is 0 Å². The summed E-state index contributed by atoms with van der Waals surface area (Å²) in [6.45, 7) is 2.13. The van der Waals surface area contributed by atoms with Gasteiger partial charge in [-0.3, -0.25) is 0 Å². The maximum absolute atomic E-state index is 11.4. The average Bonchev–Trinajstić information content (AvgIpc) is 2.41. The molecule has 3 nitrogen and oxygen atoms in total. The first-order valence-electron chi connectivity index (χ1n) is 7.00. The molecule has 2 rings (SSSR count). The number of hydrogen-bond donors (Lipinski definition) is 0. The van der Waals surface area contributed by atoms with Gasteiger partial charge in [-0.1, -0.05) is 50.5 Å². The van der Waals surface area contributed by atoms with Gasteiger partial charge in [0.1, 0.15) is 10.1 Å². The van der Waals surface area contributed by atoms with Crippen molar-refractivity contribution < 1.29 is 64.4 Å². The third-order valence-corrected chi connectivity index (χ3v) is 4.42. The molecular weight excluding hydrogens is 311 g/mol. The van der Waals surface area contributed by atoms with E-state index in [0.717, 1.165) is 36.5 Å². The SMILES string of the molecule is CCCCCCc1cc2ccccc2cc1S(=O)(=O)[O-].[K+]. The van der Waals surface area contributed by atoms with E-state index < -0.39 is 10.1 Å². The summed E-state index contributed by atoms with van der Waals surface area (Å²) in [5, 5.41) is 1.77. The second kappa shape index (κ2) is 8.77. The van der Waals surface area contributed by atoms with Crippen molar-refractivity contribution in [2.24, 2.45) is 0 Å². The molecule has 5 heteroatoms. The van der Waals surface area contributed by atoms with E-state index >= 15 is 0 Å². The van der Waals surface area contributed by atoms with Crippen LogP contribution >= 0.6 is 0 Å². The summed E-state index contributed by atoms with van der Waals surface area (Å²) in [6, 6.07) is 10.9. The molecule has 0 amide bonds. The smallest absolute Gasteiger partial charge is 0.744 e. The predicted octanol–water partition coefficient (Wildman–Crippen LogP) is 0.871. The summed E-state index contributed by atoms with van der Waals surface area (Å²) >= 11 is 0. The molecule has 0 saturated heterocycles. The third-order valence-electron chi connectivity index (χ3n) is 3.50. The zero-order chi connectivity index (χ0) is 14.6. The summed E-state index contributed by atoms with van der Waals surface area (Å²) in [6.07, 6.45) is 4.87. The number of rotatable bonds is 6. The topological polar surface area (TPSA) is 57.2 Å². The third kappa shape index (κ3) is 5.43. The molecule has 0 aliphatic heterocycles. The van der Waals surface area contributed by atoms with Crippen molar-refractivity contribution in [3.05, 3.63) is 42.0 Å². The molecule has 0 unspecified atom stereocenters. The van der Waals surface area contributed by atoms with Gasteiger partial charge in [-0.2, -0.15) is 0 Å². The molecule has 0 radical (unpaired) electrons. The van der Waals surface area contributed by atoms with Gasteiger partial charge in [0.2, 0.25) is 0 Å². The van der Waals surface area contributed by atoms with Gasteiger partial charge in [0.05, 0.1) is 4.90 Å². The number of fused-ring (bicyclic) bond motifs is 1. The van der Waals surface area contributed by atoms with E-state index in [1.54, 1.807) is 0 Å². The molecular formula is C16H19KO3S. The Labute approximate surface area is 169 Å². The van der Waals surface area contributed by atoms with Gasteiger partial charge in [-0.25, -0.2) is 8.42 Å². The molecule has 0 heterocycles. The van der Waals surface area contributed by atoms with Crippen LogP contribution in [0.4, 0.5) is 0 Å². The Morgan fingerprint density at radius 1 is 1.00 bits per heavy atom. The van der Waals surface area contributed by atoms with Gasteiger partial charge < -0.3 is 4.55 Å². The number of unbranched alkanes of at least 4 members (excludes halogenated alkanes) is 3. The van der Waals surface area contributed by atoms with Gasteiger partial charge in [-0.05, 0) is 41.3 Å². The van der Waals surface area contributed by atoms with E-state index in [9.17, 15) is 13.0 Å². The number of benzene rings is 2. The fourth-order valence-electron chi connectivity index (χ4n) is 2.44. The zero-order valence-corrected chi connectivity index (χ0v) is 16.6. The molecule has 0 atom stereocenters. The molecule has 0 aliphatic carbocycles. The molecule has 0 bridgehead atoms. The summed E-state index contributed by atoms with van der Waals surface area (Å²) in [5.41, 5.74) is 0.648. The minimum atomic E-state index is -4.42. The van der Waals surface area contributed by atoms with Crippen LogP contribution in [0.15, 0.2) is 41.3 Å². The van der Waals surface area contributed by atoms with Crippen molar-refractivity contribution in [1.82, 2.24) is 0 Å². The van der Waals surface area contributed by atoms with Gasteiger partial charge >= 0.3 is 51.4 Å². The fourth-order valence-corrected chi connectivity index (χ4v) is 3.19. The van der Waals surface area contributed by atoms with Crippen molar-refractivity contribution in [2.75, 3.05) is 0 Å². The van der Waals surface area contributed by atoms with Gasteiger partial charge in [0.15, 0.2) is 0 Å². The molecule has 21 heavy (non-hydrogen) atoms. The van der Waals surface area contributed by atoms with Crippen LogP contribution in [-0.4, -0.2) is 13.0 Å². The van der Waals surface area contributed by atoms with Crippen molar-refractivity contribution >= 4 is 20.9 Å². The van der Waals surface area contributed by atoms with Crippen LogP contribution in [0, 0.1) is 0 Å². The normalized spacial score (nSPS) is 11.3. The zero-order valence-electron chi connectivity index (χ0n) is 12.6. The van der Waals surface area contributed by atoms with E-state index in [0.29, 0.717) is 12.0 Å². The largest absolute Gasteiger partial charge is 1.00 e. The van der Waals surface area contributed by atoms with Crippen LogP contribution < -0.4 is 51.4 Å². The number of aryl methyl sites for hydroxylation is 1. The average molecular weight is 330 g/mol. The minimum Gasteiger partial charge on any atom is -0.744 e. The Kier molecular flexibility index (Phi) is 8.06. The van der Waals surface area contributed by atoms with Crippen LogP contribution in [0.1, 0.15) is 38.2 Å². The summed E-state index contributed by atoms with van der Waals surface area (Å²) in [5.74, 6) is 0. The minimum absolute atomic E-state index is 0. The van der Waals surface area contributed by atoms with Gasteiger partial charge in [-0.15, -0.1) is 0 Å². The van der Waals surface area contributed by atoms with E-state index in [2.05, 4.69) is 6.92 Å². The first-order valence-corrected chi connectivity index (χ1v) is 8.41. The van der Waals surface area contributed by atoms with Crippen molar-refractivity contribution in [3.8, 4) is 0 Å². The monoisotopic (exact) mass is 330 g/mol. The van der Waals surface area contributed by atoms with Crippen LogP contribution in [-0.2, 0) is 16.5 Å². The Bertz CT molecular complexity index is 696. The molecule has 0 N–H and O–H groups in total. The van der Waals surface area contributed by atoms with Gasteiger partial charge in [0.25, 0.3) is 0 Å². The van der Waals surface area contributed by atoms with Crippen molar-refractivity contribution in [1.29, 1.82) is 0 Å². The molecule has 0 aromatic heterocycles. The summed E-state index contributed by atoms with van der Waals surface area (Å²) in [4.78, 5) is -0.0623. The molecule has 0 aliphatic rings. The van der Waals surface area contributed by atoms with Crippen molar-refractivity contribution in [2.45, 2.75) is 43.9 Å². The molecule has 2 aromatic carbocycles. The summed E-state index contributed by atoms with van der Waals surface area (Å²) < 4.78 is 34.3. The second-order valence-electron chi connectivity index (χ2n) is 5.07. The fraction of sp³-hybridized carbons (Fsp3) is 0.375. The first-order chi connectivity index (χ1) is 9.52. The molecule has 2 aromatic rings. The Hall–Kier alpha value is 0.246. The van der Waals surface area contributed by atoms with E-state index in [1.165, 1.54) is 6.07 Å². The Balaban J connectivity index is 0.00000220. The van der Waals surface area contributed by atoms with Crippen LogP contribution in [0.2, 0.25) is 0 Å². The Morgan fingerprint density at radius 2 is 1.62 bits per heavy atom. The molecule has 0 fully saturated rings. The second-order valence-corrected chi connectivity index (χ2v) is 6.42. The standard InChI is InChI=1S/C16H20O3S.K/c1-2-3-4-5-10-15-11-13-8-6-7-9-14(13)12-16(15)20(17,18)19;/h6-9,11-12H,2-5,10H2,1H3,(H,17,18,19);/q;+1/p-1. The first kappa shape index (κ1) is 19.3. The van der Waals surface area contributed by atoms with Crippen LogP contribution in [0.5, 0.6) is 0 Å². The maximum Gasteiger partial charge on any atom is 1.00 e. The summed E-state index contributed by atoms with van der Waals surface area (Å²) in [7, 11) is -4.42. The Morgan fingerprint density at radius 3 is 2.19 bits per heavy atom.